The summed E-state index contributed by atoms with van der Waals surface area (Å²) in [4.78, 5) is 11.8. The first-order valence-corrected chi connectivity index (χ1v) is 7.73. The molecule has 0 saturated heterocycles. The summed E-state index contributed by atoms with van der Waals surface area (Å²) in [7, 11) is -4.37. The summed E-state index contributed by atoms with van der Waals surface area (Å²) in [5.74, 6) is -0.514. The molecule has 3 unspecified atom stereocenters. The summed E-state index contributed by atoms with van der Waals surface area (Å²) in [6.45, 7) is 3.80. The zero-order valence-electron chi connectivity index (χ0n) is 10.2. The van der Waals surface area contributed by atoms with Crippen molar-refractivity contribution in [2.24, 2.45) is 16.7 Å². The van der Waals surface area contributed by atoms with Gasteiger partial charge in [-0.1, -0.05) is 29.8 Å². The van der Waals surface area contributed by atoms with Gasteiger partial charge in [-0.3, -0.25) is 4.79 Å². The van der Waals surface area contributed by atoms with Crippen molar-refractivity contribution in [1.29, 1.82) is 0 Å². The summed E-state index contributed by atoms with van der Waals surface area (Å²) in [6, 6.07) is 0. The van der Waals surface area contributed by atoms with E-state index in [0.717, 1.165) is 6.42 Å². The fourth-order valence-electron chi connectivity index (χ4n) is 3.47. The van der Waals surface area contributed by atoms with Gasteiger partial charge >= 0.3 is 51.4 Å². The zero-order valence-corrected chi connectivity index (χ0v) is 15.7. The number of hydrogen-bond donors (Lipinski definition) is 0. The van der Waals surface area contributed by atoms with Gasteiger partial charge in [0.25, 0.3) is 0 Å². The Balaban J connectivity index is 0.00000144. The number of alkyl halides is 1. The number of ketones is 1. The molecule has 2 fully saturated rings. The molecule has 92 valence electrons. The summed E-state index contributed by atoms with van der Waals surface area (Å²) in [5, 5.41) is 0. The number of Topliss-reactive ketones (excluding diaryl/α,β-unsaturated/α-hetero) is 1. The van der Waals surface area contributed by atoms with Gasteiger partial charge in [0.05, 0.1) is 20.7 Å². The van der Waals surface area contributed by atoms with E-state index in [-0.39, 0.29) is 67.9 Å². The molecule has 2 saturated carbocycles. The molecule has 0 aromatic rings. The summed E-state index contributed by atoms with van der Waals surface area (Å²) >= 11 is 3.33. The van der Waals surface area contributed by atoms with E-state index < -0.39 is 26.7 Å². The first-order valence-electron chi connectivity index (χ1n) is 5.24. The Morgan fingerprint density at radius 1 is 1.47 bits per heavy atom. The Labute approximate surface area is 153 Å². The predicted octanol–water partition coefficient (Wildman–Crippen LogP) is -1.70. The van der Waals surface area contributed by atoms with Gasteiger partial charge in [0.15, 0.2) is 5.78 Å². The third-order valence-corrected chi connectivity index (χ3v) is 6.44. The molecule has 2 rings (SSSR count). The van der Waals surface area contributed by atoms with Crippen molar-refractivity contribution in [1.82, 2.24) is 0 Å². The second-order valence-electron chi connectivity index (χ2n) is 5.42. The van der Waals surface area contributed by atoms with Gasteiger partial charge in [-0.2, -0.15) is 0 Å². The molecule has 0 radical (unpaired) electrons. The van der Waals surface area contributed by atoms with Crippen molar-refractivity contribution in [2.45, 2.75) is 31.5 Å². The third kappa shape index (κ3) is 2.39. The van der Waals surface area contributed by atoms with Crippen molar-refractivity contribution < 1.29 is 69.1 Å². The molecule has 4 nitrogen and oxygen atoms in total. The number of carbonyl (C=O) groups excluding carboxylic acids is 1. The molecule has 0 aliphatic heterocycles. The molecule has 7 heteroatoms. The molecule has 0 N–H and O–H groups in total. The van der Waals surface area contributed by atoms with Gasteiger partial charge in [-0.05, 0) is 24.2 Å². The maximum absolute atomic E-state index is 12.1. The average Bonchev–Trinajstić information content (AvgIpc) is 2.39. The van der Waals surface area contributed by atoms with Crippen LogP contribution in [0.25, 0.3) is 0 Å². The van der Waals surface area contributed by atoms with Crippen LogP contribution in [0.1, 0.15) is 26.7 Å². The Morgan fingerprint density at radius 2 is 2.00 bits per heavy atom. The van der Waals surface area contributed by atoms with Crippen LogP contribution in [0.4, 0.5) is 0 Å². The number of rotatable bonds is 2. The maximum atomic E-state index is 12.1. The van der Waals surface area contributed by atoms with Crippen LogP contribution in [-0.4, -0.2) is 29.3 Å². The van der Waals surface area contributed by atoms with Crippen LogP contribution in [0.3, 0.4) is 0 Å². The smallest absolute Gasteiger partial charge is 0.748 e. The minimum absolute atomic E-state index is 0. The van der Waals surface area contributed by atoms with E-state index in [1.165, 1.54) is 0 Å². The van der Waals surface area contributed by atoms with Gasteiger partial charge in [0.1, 0.15) is 0 Å². The van der Waals surface area contributed by atoms with Gasteiger partial charge in [0, 0.05) is 5.41 Å². The molecule has 2 bridgehead atoms. The number of hydrogen-bond acceptors (Lipinski definition) is 4. The molecule has 2 aliphatic rings. The quantitative estimate of drug-likeness (QED) is 0.339. The van der Waals surface area contributed by atoms with Crippen LogP contribution in [0.15, 0.2) is 0 Å². The fraction of sp³-hybridized carbons (Fsp3) is 0.900. The zero-order chi connectivity index (χ0) is 12.4. The van der Waals surface area contributed by atoms with E-state index >= 15 is 0 Å². The van der Waals surface area contributed by atoms with E-state index in [4.69, 9.17) is 0 Å². The van der Waals surface area contributed by atoms with Crippen molar-refractivity contribution in [3.05, 3.63) is 0 Å². The first kappa shape index (κ1) is 16.7. The molecule has 2 aliphatic carbocycles. The van der Waals surface area contributed by atoms with E-state index in [1.54, 1.807) is 0 Å². The van der Waals surface area contributed by atoms with Crippen LogP contribution in [0.2, 0.25) is 0 Å². The van der Waals surface area contributed by atoms with Crippen LogP contribution < -0.4 is 51.4 Å². The molecule has 0 spiro atoms. The summed E-state index contributed by atoms with van der Waals surface area (Å²) in [6.07, 6.45) is 1.33. The molecule has 0 heterocycles. The molecule has 17 heavy (non-hydrogen) atoms. The Hall–Kier alpha value is 1.70. The van der Waals surface area contributed by atoms with Crippen LogP contribution >= 0.6 is 15.9 Å². The molecular weight excluding hydrogens is 335 g/mol. The van der Waals surface area contributed by atoms with Gasteiger partial charge in [-0.25, -0.2) is 8.42 Å². The van der Waals surface area contributed by atoms with Crippen LogP contribution in [-0.2, 0) is 14.9 Å². The Kier molecular flexibility index (Phi) is 4.84. The maximum Gasteiger partial charge on any atom is 1.00 e. The largest absolute Gasteiger partial charge is 1.00 e. The summed E-state index contributed by atoms with van der Waals surface area (Å²) < 4.78 is 33.0. The second kappa shape index (κ2) is 4.91. The van der Waals surface area contributed by atoms with Crippen LogP contribution in [0, 0.1) is 16.7 Å². The van der Waals surface area contributed by atoms with Crippen molar-refractivity contribution in [3.8, 4) is 0 Å². The third-order valence-electron chi connectivity index (χ3n) is 4.54. The van der Waals surface area contributed by atoms with Gasteiger partial charge in [0.2, 0.25) is 0 Å². The summed E-state index contributed by atoms with van der Waals surface area (Å²) in [5.41, 5.74) is -1.37. The normalized spacial score (nSPS) is 39.2. The topological polar surface area (TPSA) is 74.3 Å². The number of fused-ring (bicyclic) bond motifs is 2. The van der Waals surface area contributed by atoms with E-state index in [0.29, 0.717) is 6.42 Å². The molecule has 0 aromatic carbocycles. The predicted molar refractivity (Wildman–Crippen MR) is 61.2 cm³/mol. The van der Waals surface area contributed by atoms with E-state index in [2.05, 4.69) is 15.9 Å². The minimum Gasteiger partial charge on any atom is -0.748 e. The molecule has 3 atom stereocenters. The van der Waals surface area contributed by atoms with Crippen LogP contribution in [0.5, 0.6) is 0 Å². The Morgan fingerprint density at radius 3 is 2.35 bits per heavy atom. The first-order chi connectivity index (χ1) is 7.12. The molecule has 0 amide bonds. The van der Waals surface area contributed by atoms with Crippen molar-refractivity contribution >= 4 is 31.8 Å². The van der Waals surface area contributed by atoms with Crippen molar-refractivity contribution in [3.63, 3.8) is 0 Å². The average molecular weight is 349 g/mol. The molecule has 0 aromatic heterocycles. The fourth-order valence-corrected chi connectivity index (χ4v) is 6.10. The number of carbonyl (C=O) groups is 1. The van der Waals surface area contributed by atoms with Gasteiger partial charge in [-0.15, -0.1) is 0 Å². The number of halogens is 1. The standard InChI is InChI=1S/C10H15BrO4S.K/c1-9(2)6-3-4-10(9,5-16(13,14)15)8(12)7(6)11;/h6-7H,3-5H2,1-2H3,(H,13,14,15);/q;+1/p-1. The molecular formula is C10H14BrKO4S. The monoisotopic (exact) mass is 348 g/mol. The SMILES string of the molecule is CC1(C)C2CCC1(CS(=O)(=O)[O-])C(=O)C2Br.[K+]. The van der Waals surface area contributed by atoms with Crippen molar-refractivity contribution in [2.75, 3.05) is 5.75 Å². The minimum atomic E-state index is -4.37. The van der Waals surface area contributed by atoms with Gasteiger partial charge < -0.3 is 4.55 Å². The second-order valence-corrected chi connectivity index (χ2v) is 7.81. The van der Waals surface area contributed by atoms with E-state index in [9.17, 15) is 17.8 Å². The Bertz CT molecular complexity index is 447. The van der Waals surface area contributed by atoms with E-state index in [1.807, 2.05) is 13.8 Å².